The number of ether oxygens (including phenoxy) is 2. The summed E-state index contributed by atoms with van der Waals surface area (Å²) in [6.07, 6.45) is 4.40. The summed E-state index contributed by atoms with van der Waals surface area (Å²) in [7, 11) is 1.82. The van der Waals surface area contributed by atoms with Crippen molar-refractivity contribution in [2.45, 2.75) is 37.4 Å². The molecule has 1 saturated carbocycles. The van der Waals surface area contributed by atoms with E-state index in [1.807, 2.05) is 7.11 Å². The largest absolute Gasteiger partial charge is 0.353 e. The van der Waals surface area contributed by atoms with Gasteiger partial charge in [0.15, 0.2) is 5.79 Å². The van der Waals surface area contributed by atoms with E-state index in [0.29, 0.717) is 5.92 Å². The van der Waals surface area contributed by atoms with E-state index in [-0.39, 0.29) is 5.41 Å². The average Bonchev–Trinajstić information content (AvgIpc) is 3.13. The maximum Gasteiger partial charge on any atom is 0.174 e. The minimum Gasteiger partial charge on any atom is -0.353 e. The van der Waals surface area contributed by atoms with E-state index in [9.17, 15) is 0 Å². The van der Waals surface area contributed by atoms with Gasteiger partial charge < -0.3 is 9.47 Å². The molecule has 0 spiro atoms. The van der Waals surface area contributed by atoms with Crippen LogP contribution in [-0.2, 0) is 9.47 Å². The molecule has 2 fully saturated rings. The lowest BCUT2D eigenvalue weighted by Crippen LogP contribution is -2.46. The smallest absolute Gasteiger partial charge is 0.174 e. The molecule has 1 aliphatic carbocycles. The van der Waals surface area contributed by atoms with E-state index in [0.717, 1.165) is 25.9 Å². The summed E-state index contributed by atoms with van der Waals surface area (Å²) in [5.74, 6) is -0.113. The maximum atomic E-state index is 6.22. The second-order valence-electron chi connectivity index (χ2n) is 6.82. The number of hydrogen-bond acceptors (Lipinski definition) is 2. The van der Waals surface area contributed by atoms with Gasteiger partial charge in [-0.15, -0.1) is 0 Å². The van der Waals surface area contributed by atoms with Gasteiger partial charge in [-0.3, -0.25) is 0 Å². The van der Waals surface area contributed by atoms with Gasteiger partial charge in [0, 0.05) is 24.9 Å². The SMILES string of the molecule is CO[C@@]12CCC[C@]1(C(c1ccccc1)c1ccccc1)CCO2. The van der Waals surface area contributed by atoms with Crippen LogP contribution in [0, 0.1) is 5.41 Å². The Bertz CT molecular complexity index is 601. The Labute approximate surface area is 138 Å². The molecule has 2 aromatic rings. The van der Waals surface area contributed by atoms with Gasteiger partial charge in [0.2, 0.25) is 0 Å². The number of methoxy groups -OCH3 is 1. The lowest BCUT2D eigenvalue weighted by Gasteiger charge is -2.44. The van der Waals surface area contributed by atoms with Gasteiger partial charge in [-0.05, 0) is 30.4 Å². The zero-order chi connectivity index (χ0) is 15.8. The first-order chi connectivity index (χ1) is 11.3. The van der Waals surface area contributed by atoms with Crippen molar-refractivity contribution in [1.29, 1.82) is 0 Å². The Kier molecular flexibility index (Phi) is 3.74. The first-order valence-corrected chi connectivity index (χ1v) is 8.60. The molecule has 0 aromatic heterocycles. The van der Waals surface area contributed by atoms with Crippen LogP contribution in [0.4, 0.5) is 0 Å². The quantitative estimate of drug-likeness (QED) is 0.811. The summed E-state index contributed by atoms with van der Waals surface area (Å²) in [5.41, 5.74) is 2.77. The van der Waals surface area contributed by atoms with Crippen LogP contribution in [0.1, 0.15) is 42.7 Å². The Morgan fingerprint density at radius 1 is 0.870 bits per heavy atom. The number of rotatable bonds is 4. The van der Waals surface area contributed by atoms with Crippen molar-refractivity contribution in [1.82, 2.24) is 0 Å². The van der Waals surface area contributed by atoms with Gasteiger partial charge in [0.25, 0.3) is 0 Å². The summed E-state index contributed by atoms with van der Waals surface area (Å²) >= 11 is 0. The highest BCUT2D eigenvalue weighted by atomic mass is 16.7. The second kappa shape index (κ2) is 5.77. The number of hydrogen-bond donors (Lipinski definition) is 0. The van der Waals surface area contributed by atoms with Crippen LogP contribution in [0.5, 0.6) is 0 Å². The van der Waals surface area contributed by atoms with Gasteiger partial charge >= 0.3 is 0 Å². The van der Waals surface area contributed by atoms with E-state index in [2.05, 4.69) is 60.7 Å². The van der Waals surface area contributed by atoms with Gasteiger partial charge in [0.1, 0.15) is 0 Å². The second-order valence-corrected chi connectivity index (χ2v) is 6.82. The zero-order valence-corrected chi connectivity index (χ0v) is 13.7. The molecule has 23 heavy (non-hydrogen) atoms. The molecule has 1 aliphatic heterocycles. The Morgan fingerprint density at radius 3 is 2.04 bits per heavy atom. The third-order valence-electron chi connectivity index (χ3n) is 5.92. The van der Waals surface area contributed by atoms with E-state index in [4.69, 9.17) is 9.47 Å². The van der Waals surface area contributed by atoms with Crippen LogP contribution in [0.3, 0.4) is 0 Å². The molecule has 120 valence electrons. The highest BCUT2D eigenvalue weighted by molar-refractivity contribution is 5.37. The molecule has 0 N–H and O–H groups in total. The predicted molar refractivity (Wildman–Crippen MR) is 91.3 cm³/mol. The van der Waals surface area contributed by atoms with Gasteiger partial charge in [0.05, 0.1) is 6.61 Å². The summed E-state index contributed by atoms with van der Waals surface area (Å²) < 4.78 is 12.2. The first-order valence-electron chi connectivity index (χ1n) is 8.60. The maximum absolute atomic E-state index is 6.22. The highest BCUT2D eigenvalue weighted by Gasteiger charge is 2.63. The van der Waals surface area contributed by atoms with E-state index < -0.39 is 5.79 Å². The minimum absolute atomic E-state index is 0.0322. The molecule has 0 amide bonds. The molecule has 2 atom stereocenters. The van der Waals surface area contributed by atoms with Crippen molar-refractivity contribution >= 4 is 0 Å². The molecule has 2 aromatic carbocycles. The van der Waals surface area contributed by atoms with Crippen molar-refractivity contribution in [3.63, 3.8) is 0 Å². The van der Waals surface area contributed by atoms with Crippen molar-refractivity contribution < 1.29 is 9.47 Å². The van der Waals surface area contributed by atoms with Crippen molar-refractivity contribution in [2.24, 2.45) is 5.41 Å². The fourth-order valence-corrected chi connectivity index (χ4v) is 5.00. The number of fused-ring (bicyclic) bond motifs is 1. The highest BCUT2D eigenvalue weighted by Crippen LogP contribution is 2.63. The molecule has 4 rings (SSSR count). The normalized spacial score (nSPS) is 29.8. The van der Waals surface area contributed by atoms with Crippen LogP contribution in [0.2, 0.25) is 0 Å². The van der Waals surface area contributed by atoms with Gasteiger partial charge in [-0.25, -0.2) is 0 Å². The van der Waals surface area contributed by atoms with Crippen LogP contribution >= 0.6 is 0 Å². The fourth-order valence-electron chi connectivity index (χ4n) is 5.00. The fraction of sp³-hybridized carbons (Fsp3) is 0.429. The number of benzene rings is 2. The zero-order valence-electron chi connectivity index (χ0n) is 13.7. The predicted octanol–water partition coefficient (Wildman–Crippen LogP) is 4.75. The van der Waals surface area contributed by atoms with Gasteiger partial charge in [-0.1, -0.05) is 60.7 Å². The Balaban J connectivity index is 1.89. The molecule has 2 nitrogen and oxygen atoms in total. The van der Waals surface area contributed by atoms with Crippen LogP contribution in [0.15, 0.2) is 60.7 Å². The lowest BCUT2D eigenvalue weighted by molar-refractivity contribution is -0.235. The summed E-state index contributed by atoms with van der Waals surface area (Å²) in [6, 6.07) is 21.8. The summed E-state index contributed by atoms with van der Waals surface area (Å²) in [6.45, 7) is 0.796. The Hall–Kier alpha value is -1.64. The van der Waals surface area contributed by atoms with E-state index >= 15 is 0 Å². The summed E-state index contributed by atoms with van der Waals surface area (Å²) in [5, 5.41) is 0. The first kappa shape index (κ1) is 14.9. The third-order valence-corrected chi connectivity index (χ3v) is 5.92. The van der Waals surface area contributed by atoms with Crippen molar-refractivity contribution in [3.05, 3.63) is 71.8 Å². The van der Waals surface area contributed by atoms with Crippen LogP contribution in [-0.4, -0.2) is 19.5 Å². The molecule has 2 heteroatoms. The van der Waals surface area contributed by atoms with E-state index in [1.165, 1.54) is 17.5 Å². The molecular formula is C21H24O2. The minimum atomic E-state index is -0.427. The third kappa shape index (κ3) is 2.16. The molecular weight excluding hydrogens is 284 g/mol. The lowest BCUT2D eigenvalue weighted by atomic mass is 9.64. The molecule has 0 unspecified atom stereocenters. The standard InChI is InChI=1S/C21H24O2/c1-22-21-14-8-13-20(21,15-16-23-21)19(17-9-4-2-5-10-17)18-11-6-3-7-12-18/h2-7,9-12,19H,8,13-16H2,1H3/t20-,21-/m1/s1. The monoisotopic (exact) mass is 308 g/mol. The van der Waals surface area contributed by atoms with Crippen molar-refractivity contribution in [3.8, 4) is 0 Å². The van der Waals surface area contributed by atoms with Crippen molar-refractivity contribution in [2.75, 3.05) is 13.7 Å². The molecule has 1 heterocycles. The van der Waals surface area contributed by atoms with Crippen LogP contribution in [0.25, 0.3) is 0 Å². The molecule has 2 aliphatic rings. The summed E-state index contributed by atoms with van der Waals surface area (Å²) in [4.78, 5) is 0. The van der Waals surface area contributed by atoms with E-state index in [1.54, 1.807) is 0 Å². The van der Waals surface area contributed by atoms with Crippen LogP contribution < -0.4 is 0 Å². The molecule has 0 bridgehead atoms. The topological polar surface area (TPSA) is 18.5 Å². The molecule has 1 saturated heterocycles. The Morgan fingerprint density at radius 2 is 1.48 bits per heavy atom. The average molecular weight is 308 g/mol. The molecule has 0 radical (unpaired) electrons. The van der Waals surface area contributed by atoms with Gasteiger partial charge in [-0.2, -0.15) is 0 Å².